The third kappa shape index (κ3) is 4.49. The molecule has 2 rings (SSSR count). The zero-order chi connectivity index (χ0) is 15.1. The largest absolute Gasteiger partial charge is 0.394 e. The molecule has 0 aliphatic rings. The molecular weight excluding hydrogens is 288 g/mol. The van der Waals surface area contributed by atoms with Crippen molar-refractivity contribution in [1.29, 1.82) is 0 Å². The van der Waals surface area contributed by atoms with Gasteiger partial charge in [-0.05, 0) is 6.07 Å². The van der Waals surface area contributed by atoms with Gasteiger partial charge in [-0.15, -0.1) is 11.8 Å². The first kappa shape index (κ1) is 15.9. The number of ether oxygens (including phenoxy) is 1. The van der Waals surface area contributed by atoms with E-state index in [1.54, 1.807) is 0 Å². The Morgan fingerprint density at radius 3 is 3.00 bits per heavy atom. The molecule has 1 aromatic carbocycles. The number of hydrogen-bond acceptors (Lipinski definition) is 4. The summed E-state index contributed by atoms with van der Waals surface area (Å²) in [7, 11) is 2.00. The van der Waals surface area contributed by atoms with E-state index in [2.05, 4.69) is 22.0 Å². The molecule has 0 saturated heterocycles. The van der Waals surface area contributed by atoms with E-state index >= 15 is 0 Å². The lowest BCUT2D eigenvalue weighted by Crippen LogP contribution is -2.28. The Morgan fingerprint density at radius 1 is 1.38 bits per heavy atom. The van der Waals surface area contributed by atoms with Gasteiger partial charge < -0.3 is 19.7 Å². The number of thioether (sulfide) groups is 1. The molecule has 0 atom stereocenters. The Labute approximate surface area is 128 Å². The highest BCUT2D eigenvalue weighted by molar-refractivity contribution is 8.00. The first-order valence-corrected chi connectivity index (χ1v) is 7.83. The molecule has 0 spiro atoms. The van der Waals surface area contributed by atoms with E-state index in [-0.39, 0.29) is 12.5 Å². The number of para-hydroxylation sites is 1. The normalized spacial score (nSPS) is 11.0. The molecule has 2 aromatic rings. The van der Waals surface area contributed by atoms with Crippen LogP contribution in [0.25, 0.3) is 10.9 Å². The Balaban J connectivity index is 1.80. The van der Waals surface area contributed by atoms with Crippen molar-refractivity contribution in [1.82, 2.24) is 9.88 Å². The summed E-state index contributed by atoms with van der Waals surface area (Å²) in [5.74, 6) is 0.370. The standard InChI is InChI=1S/C15H20N2O3S/c1-17-10-14(12-4-2-3-5-13(12)17)21-11-15(19)16-6-8-20-9-7-18/h2-5,10,18H,6-9,11H2,1H3,(H,16,19). The van der Waals surface area contributed by atoms with Gasteiger partial charge >= 0.3 is 0 Å². The third-order valence-electron chi connectivity index (χ3n) is 3.02. The van der Waals surface area contributed by atoms with E-state index in [0.29, 0.717) is 25.5 Å². The first-order valence-electron chi connectivity index (χ1n) is 6.84. The number of benzene rings is 1. The predicted molar refractivity (Wildman–Crippen MR) is 84.6 cm³/mol. The van der Waals surface area contributed by atoms with Crippen LogP contribution in [0.5, 0.6) is 0 Å². The van der Waals surface area contributed by atoms with Gasteiger partial charge in [-0.3, -0.25) is 4.79 Å². The van der Waals surface area contributed by atoms with Crippen LogP contribution in [0.3, 0.4) is 0 Å². The lowest BCUT2D eigenvalue weighted by molar-refractivity contribution is -0.118. The van der Waals surface area contributed by atoms with Gasteiger partial charge in [-0.2, -0.15) is 0 Å². The fourth-order valence-corrected chi connectivity index (χ4v) is 2.99. The summed E-state index contributed by atoms with van der Waals surface area (Å²) >= 11 is 1.53. The molecule has 21 heavy (non-hydrogen) atoms. The van der Waals surface area contributed by atoms with E-state index in [4.69, 9.17) is 9.84 Å². The average Bonchev–Trinajstić information content (AvgIpc) is 2.82. The average molecular weight is 308 g/mol. The molecule has 0 saturated carbocycles. The molecule has 1 aromatic heterocycles. The van der Waals surface area contributed by atoms with Crippen LogP contribution in [-0.4, -0.2) is 47.7 Å². The number of carbonyl (C=O) groups excluding carboxylic acids is 1. The minimum atomic E-state index is -0.0134. The maximum Gasteiger partial charge on any atom is 0.230 e. The maximum absolute atomic E-state index is 11.7. The van der Waals surface area contributed by atoms with Crippen LogP contribution in [0, 0.1) is 0 Å². The summed E-state index contributed by atoms with van der Waals surface area (Å²) in [6.07, 6.45) is 2.05. The van der Waals surface area contributed by atoms with Gasteiger partial charge in [-0.25, -0.2) is 0 Å². The molecule has 114 valence electrons. The minimum absolute atomic E-state index is 0.00484. The van der Waals surface area contributed by atoms with Crippen LogP contribution in [0.15, 0.2) is 35.4 Å². The van der Waals surface area contributed by atoms with Gasteiger partial charge in [0, 0.05) is 35.6 Å². The van der Waals surface area contributed by atoms with Crippen molar-refractivity contribution in [3.05, 3.63) is 30.5 Å². The van der Waals surface area contributed by atoms with Crippen LogP contribution in [0.2, 0.25) is 0 Å². The van der Waals surface area contributed by atoms with Crippen molar-refractivity contribution < 1.29 is 14.6 Å². The van der Waals surface area contributed by atoms with Crippen molar-refractivity contribution in [2.45, 2.75) is 4.90 Å². The number of aromatic nitrogens is 1. The number of nitrogens with one attached hydrogen (secondary N) is 1. The van der Waals surface area contributed by atoms with E-state index in [1.807, 2.05) is 25.4 Å². The van der Waals surface area contributed by atoms with E-state index < -0.39 is 0 Å². The third-order valence-corrected chi connectivity index (χ3v) is 4.07. The second-order valence-corrected chi connectivity index (χ2v) is 5.61. The lowest BCUT2D eigenvalue weighted by atomic mass is 10.2. The van der Waals surface area contributed by atoms with E-state index in [1.165, 1.54) is 17.1 Å². The molecular formula is C15H20N2O3S. The van der Waals surface area contributed by atoms with Gasteiger partial charge in [0.15, 0.2) is 0 Å². The summed E-state index contributed by atoms with van der Waals surface area (Å²) in [5, 5.41) is 12.5. The Hall–Kier alpha value is -1.50. The lowest BCUT2D eigenvalue weighted by Gasteiger charge is -2.05. The molecule has 0 fully saturated rings. The molecule has 6 heteroatoms. The van der Waals surface area contributed by atoms with Crippen LogP contribution in [0.1, 0.15) is 0 Å². The molecule has 0 aliphatic carbocycles. The number of hydrogen-bond donors (Lipinski definition) is 2. The number of carbonyl (C=O) groups is 1. The first-order chi connectivity index (χ1) is 10.2. The molecule has 2 N–H and O–H groups in total. The molecule has 5 nitrogen and oxygen atoms in total. The zero-order valence-corrected chi connectivity index (χ0v) is 12.9. The van der Waals surface area contributed by atoms with Gasteiger partial charge in [0.2, 0.25) is 5.91 Å². The van der Waals surface area contributed by atoms with Crippen molar-refractivity contribution in [3.63, 3.8) is 0 Å². The molecule has 0 unspecified atom stereocenters. The fourth-order valence-electron chi connectivity index (χ4n) is 2.04. The molecule has 0 bridgehead atoms. The highest BCUT2D eigenvalue weighted by Crippen LogP contribution is 2.28. The Kier molecular flexibility index (Phi) is 6.10. The Bertz CT molecular complexity index is 598. The monoisotopic (exact) mass is 308 g/mol. The number of aryl methyl sites for hydroxylation is 1. The number of fused-ring (bicyclic) bond motifs is 1. The molecule has 1 heterocycles. The number of aliphatic hydroxyl groups excluding tert-OH is 1. The smallest absolute Gasteiger partial charge is 0.230 e. The molecule has 0 aliphatic heterocycles. The summed E-state index contributed by atoms with van der Waals surface area (Å²) in [6.45, 7) is 1.20. The summed E-state index contributed by atoms with van der Waals surface area (Å²) < 4.78 is 7.15. The van der Waals surface area contributed by atoms with Gasteiger partial charge in [0.25, 0.3) is 0 Å². The molecule has 0 radical (unpaired) electrons. The van der Waals surface area contributed by atoms with Crippen molar-refractivity contribution in [2.75, 3.05) is 32.1 Å². The van der Waals surface area contributed by atoms with Gasteiger partial charge in [-0.1, -0.05) is 18.2 Å². The van der Waals surface area contributed by atoms with E-state index in [0.717, 1.165) is 10.4 Å². The second kappa shape index (κ2) is 8.07. The van der Waals surface area contributed by atoms with Crippen molar-refractivity contribution in [2.24, 2.45) is 7.05 Å². The quantitative estimate of drug-likeness (QED) is 0.571. The number of rotatable bonds is 8. The number of nitrogens with zero attached hydrogens (tertiary/aromatic N) is 1. The summed E-state index contributed by atoms with van der Waals surface area (Å²) in [5.41, 5.74) is 1.16. The number of amides is 1. The van der Waals surface area contributed by atoms with E-state index in [9.17, 15) is 4.79 Å². The maximum atomic E-state index is 11.7. The second-order valence-electron chi connectivity index (χ2n) is 4.60. The van der Waals surface area contributed by atoms with Crippen LogP contribution >= 0.6 is 11.8 Å². The summed E-state index contributed by atoms with van der Waals surface area (Å²) in [4.78, 5) is 12.9. The van der Waals surface area contributed by atoms with Gasteiger partial charge in [0.1, 0.15) is 0 Å². The minimum Gasteiger partial charge on any atom is -0.394 e. The highest BCUT2D eigenvalue weighted by Gasteiger charge is 2.08. The predicted octanol–water partition coefficient (Wildman–Crippen LogP) is 1.40. The van der Waals surface area contributed by atoms with Crippen molar-refractivity contribution >= 4 is 28.6 Å². The van der Waals surface area contributed by atoms with Crippen molar-refractivity contribution in [3.8, 4) is 0 Å². The zero-order valence-electron chi connectivity index (χ0n) is 12.0. The van der Waals surface area contributed by atoms with Gasteiger partial charge in [0.05, 0.1) is 25.6 Å². The van der Waals surface area contributed by atoms with Crippen LogP contribution < -0.4 is 5.32 Å². The Morgan fingerprint density at radius 2 is 2.19 bits per heavy atom. The van der Waals surface area contributed by atoms with Crippen LogP contribution in [0.4, 0.5) is 0 Å². The highest BCUT2D eigenvalue weighted by atomic mass is 32.2. The van der Waals surface area contributed by atoms with Crippen LogP contribution in [-0.2, 0) is 16.6 Å². The molecule has 1 amide bonds. The topological polar surface area (TPSA) is 63.5 Å². The SMILES string of the molecule is Cn1cc(SCC(=O)NCCOCCO)c2ccccc21. The summed E-state index contributed by atoms with van der Waals surface area (Å²) in [6, 6.07) is 8.15. The number of aliphatic hydroxyl groups is 1. The fraction of sp³-hybridized carbons (Fsp3) is 0.400.